The maximum absolute atomic E-state index is 13.1. The van der Waals surface area contributed by atoms with Crippen molar-refractivity contribution in [2.75, 3.05) is 26.7 Å². The molecule has 6 heteroatoms. The molecule has 1 saturated carbocycles. The Hall–Kier alpha value is -1.67. The number of aliphatic imine (C=N–C) groups is 1. The van der Waals surface area contributed by atoms with Gasteiger partial charge >= 0.3 is 0 Å². The highest BCUT2D eigenvalue weighted by molar-refractivity contribution is 14.0. The molecule has 0 amide bonds. The first kappa shape index (κ1) is 23.0. The van der Waals surface area contributed by atoms with Gasteiger partial charge < -0.3 is 10.6 Å². The molecular formula is C24H32FIN4. The summed E-state index contributed by atoms with van der Waals surface area (Å²) in [5.74, 6) is 2.14. The molecule has 1 aliphatic carbocycles. The monoisotopic (exact) mass is 522 g/mol. The van der Waals surface area contributed by atoms with Crippen molar-refractivity contribution in [3.63, 3.8) is 0 Å². The van der Waals surface area contributed by atoms with Crippen LogP contribution in [-0.4, -0.2) is 43.6 Å². The van der Waals surface area contributed by atoms with Gasteiger partial charge in [0.2, 0.25) is 0 Å². The van der Waals surface area contributed by atoms with Crippen molar-refractivity contribution in [2.45, 2.75) is 37.8 Å². The Bertz CT molecular complexity index is 804. The van der Waals surface area contributed by atoms with Crippen molar-refractivity contribution in [1.29, 1.82) is 0 Å². The van der Waals surface area contributed by atoms with Crippen LogP contribution in [0.25, 0.3) is 0 Å². The largest absolute Gasteiger partial charge is 0.356 e. The maximum Gasteiger partial charge on any atom is 0.191 e. The first-order valence-electron chi connectivity index (χ1n) is 10.7. The van der Waals surface area contributed by atoms with E-state index in [0.29, 0.717) is 17.9 Å². The number of rotatable bonds is 6. The van der Waals surface area contributed by atoms with Crippen molar-refractivity contribution >= 4 is 29.9 Å². The van der Waals surface area contributed by atoms with E-state index >= 15 is 0 Å². The van der Waals surface area contributed by atoms with E-state index in [-0.39, 0.29) is 29.8 Å². The molecule has 4 nitrogen and oxygen atoms in total. The zero-order valence-electron chi connectivity index (χ0n) is 17.6. The van der Waals surface area contributed by atoms with Gasteiger partial charge in [-0.3, -0.25) is 9.89 Å². The van der Waals surface area contributed by atoms with Crippen LogP contribution in [0.5, 0.6) is 0 Å². The zero-order valence-corrected chi connectivity index (χ0v) is 19.9. The van der Waals surface area contributed by atoms with Gasteiger partial charge in [0.05, 0.1) is 0 Å². The third-order valence-corrected chi connectivity index (χ3v) is 6.15. The number of hydrogen-bond donors (Lipinski definition) is 2. The molecule has 0 spiro atoms. The Labute approximate surface area is 196 Å². The van der Waals surface area contributed by atoms with Crippen LogP contribution < -0.4 is 10.6 Å². The van der Waals surface area contributed by atoms with Crippen molar-refractivity contribution in [3.8, 4) is 0 Å². The maximum atomic E-state index is 13.1. The van der Waals surface area contributed by atoms with E-state index in [0.717, 1.165) is 45.0 Å². The van der Waals surface area contributed by atoms with Gasteiger partial charge in [-0.25, -0.2) is 4.39 Å². The minimum atomic E-state index is -0.170. The minimum Gasteiger partial charge on any atom is -0.356 e. The van der Waals surface area contributed by atoms with E-state index in [9.17, 15) is 4.39 Å². The van der Waals surface area contributed by atoms with Crippen LogP contribution in [0.2, 0.25) is 0 Å². The van der Waals surface area contributed by atoms with Crippen LogP contribution in [0.1, 0.15) is 36.3 Å². The molecule has 0 bridgehead atoms. The summed E-state index contributed by atoms with van der Waals surface area (Å²) in [4.78, 5) is 6.86. The van der Waals surface area contributed by atoms with Crippen LogP contribution in [0, 0.1) is 11.7 Å². The van der Waals surface area contributed by atoms with E-state index in [2.05, 4.69) is 50.9 Å². The van der Waals surface area contributed by atoms with Crippen LogP contribution in [0.15, 0.2) is 59.6 Å². The normalized spacial score (nSPS) is 22.3. The average molecular weight is 522 g/mol. The van der Waals surface area contributed by atoms with Crippen LogP contribution in [-0.2, 0) is 6.54 Å². The number of benzene rings is 2. The summed E-state index contributed by atoms with van der Waals surface area (Å²) in [5, 5.41) is 7.12. The van der Waals surface area contributed by atoms with Gasteiger partial charge in [-0.2, -0.15) is 0 Å². The first-order valence-corrected chi connectivity index (χ1v) is 10.7. The Morgan fingerprint density at radius 3 is 2.43 bits per heavy atom. The number of halogens is 2. The number of nitrogens with zero attached hydrogens (tertiary/aromatic N) is 2. The number of guanidine groups is 1. The van der Waals surface area contributed by atoms with Gasteiger partial charge in [0, 0.05) is 39.3 Å². The van der Waals surface area contributed by atoms with Gasteiger partial charge in [0.25, 0.3) is 0 Å². The topological polar surface area (TPSA) is 39.7 Å². The summed E-state index contributed by atoms with van der Waals surface area (Å²) in [7, 11) is 1.85. The Morgan fingerprint density at radius 1 is 1.07 bits per heavy atom. The molecule has 1 heterocycles. The average Bonchev–Trinajstić information content (AvgIpc) is 3.54. The predicted octanol–water partition coefficient (Wildman–Crippen LogP) is 4.38. The molecule has 2 aromatic carbocycles. The molecule has 1 saturated heterocycles. The lowest BCUT2D eigenvalue weighted by Gasteiger charge is -2.33. The third kappa shape index (κ3) is 6.41. The summed E-state index contributed by atoms with van der Waals surface area (Å²) in [5.41, 5.74) is 2.63. The fourth-order valence-electron chi connectivity index (χ4n) is 4.28. The molecule has 30 heavy (non-hydrogen) atoms. The van der Waals surface area contributed by atoms with Crippen molar-refractivity contribution in [1.82, 2.24) is 15.5 Å². The summed E-state index contributed by atoms with van der Waals surface area (Å²) in [6.07, 6.45) is 3.45. The highest BCUT2D eigenvalue weighted by atomic mass is 127. The van der Waals surface area contributed by atoms with Gasteiger partial charge in [-0.1, -0.05) is 42.5 Å². The first-order chi connectivity index (χ1) is 14.2. The van der Waals surface area contributed by atoms with Crippen LogP contribution >= 0.6 is 24.0 Å². The van der Waals surface area contributed by atoms with E-state index < -0.39 is 0 Å². The minimum absolute atomic E-state index is 0. The molecule has 162 valence electrons. The van der Waals surface area contributed by atoms with Crippen LogP contribution in [0.4, 0.5) is 4.39 Å². The van der Waals surface area contributed by atoms with Gasteiger partial charge in [-0.15, -0.1) is 24.0 Å². The van der Waals surface area contributed by atoms with Crippen molar-refractivity contribution in [2.24, 2.45) is 10.9 Å². The molecule has 4 rings (SSSR count). The predicted molar refractivity (Wildman–Crippen MR) is 132 cm³/mol. The molecule has 1 aliphatic heterocycles. The smallest absolute Gasteiger partial charge is 0.191 e. The SMILES string of the molecule is CN=C(NCC1CC1c1ccccc1)NC1CCN(Cc2ccc(F)cc2)CC1.I. The highest BCUT2D eigenvalue weighted by Gasteiger charge is 2.37. The molecule has 2 aliphatic rings. The fraction of sp³-hybridized carbons (Fsp3) is 0.458. The zero-order chi connectivity index (χ0) is 20.1. The number of likely N-dealkylation sites (tertiary alicyclic amines) is 1. The van der Waals surface area contributed by atoms with Crippen LogP contribution in [0.3, 0.4) is 0 Å². The molecule has 2 atom stereocenters. The second kappa shape index (κ2) is 11.1. The Kier molecular flexibility index (Phi) is 8.50. The molecule has 0 aromatic heterocycles. The van der Waals surface area contributed by atoms with Gasteiger partial charge in [-0.05, 0) is 54.4 Å². The molecule has 2 fully saturated rings. The van der Waals surface area contributed by atoms with E-state index in [4.69, 9.17) is 0 Å². The van der Waals surface area contributed by atoms with Crippen molar-refractivity contribution in [3.05, 3.63) is 71.5 Å². The van der Waals surface area contributed by atoms with E-state index in [1.165, 1.54) is 17.5 Å². The highest BCUT2D eigenvalue weighted by Crippen LogP contribution is 2.46. The number of nitrogens with one attached hydrogen (secondary N) is 2. The lowest BCUT2D eigenvalue weighted by atomic mass is 10.0. The Morgan fingerprint density at radius 2 is 1.77 bits per heavy atom. The van der Waals surface area contributed by atoms with Gasteiger partial charge in [0.1, 0.15) is 5.82 Å². The number of hydrogen-bond acceptors (Lipinski definition) is 2. The Balaban J connectivity index is 0.00000256. The van der Waals surface area contributed by atoms with E-state index in [1.54, 1.807) is 12.1 Å². The second-order valence-electron chi connectivity index (χ2n) is 8.29. The summed E-state index contributed by atoms with van der Waals surface area (Å²) in [6, 6.07) is 18.1. The molecule has 2 unspecified atom stereocenters. The summed E-state index contributed by atoms with van der Waals surface area (Å²) in [6.45, 7) is 3.96. The fourth-order valence-corrected chi connectivity index (χ4v) is 4.28. The molecular weight excluding hydrogens is 490 g/mol. The van der Waals surface area contributed by atoms with Gasteiger partial charge in [0.15, 0.2) is 5.96 Å². The standard InChI is InChI=1S/C24H31FN4.HI/c1-26-24(27-16-20-15-23(20)19-5-3-2-4-6-19)28-22-11-13-29(14-12-22)17-18-7-9-21(25)10-8-18;/h2-10,20,22-23H,11-17H2,1H3,(H2,26,27,28);1H. The summed E-state index contributed by atoms with van der Waals surface area (Å²) < 4.78 is 13.1. The third-order valence-electron chi connectivity index (χ3n) is 6.15. The van der Waals surface area contributed by atoms with Crippen molar-refractivity contribution < 1.29 is 4.39 Å². The lowest BCUT2D eigenvalue weighted by Crippen LogP contribution is -2.48. The molecule has 0 radical (unpaired) electrons. The second-order valence-corrected chi connectivity index (χ2v) is 8.29. The molecule has 2 N–H and O–H groups in total. The quantitative estimate of drug-likeness (QED) is 0.336. The summed E-state index contributed by atoms with van der Waals surface area (Å²) >= 11 is 0. The van der Waals surface area contributed by atoms with E-state index in [1.807, 2.05) is 19.2 Å². The lowest BCUT2D eigenvalue weighted by molar-refractivity contribution is 0.198. The number of piperidine rings is 1. The molecule has 2 aromatic rings.